The van der Waals surface area contributed by atoms with E-state index in [-0.39, 0.29) is 17.8 Å². The second-order valence-electron chi connectivity index (χ2n) is 8.02. The summed E-state index contributed by atoms with van der Waals surface area (Å²) in [5, 5.41) is 9.91. The number of aromatic amines is 1. The number of ether oxygens (including phenoxy) is 1. The van der Waals surface area contributed by atoms with Crippen molar-refractivity contribution < 1.29 is 13.9 Å². The summed E-state index contributed by atoms with van der Waals surface area (Å²) in [6, 6.07) is 4.72. The molecule has 3 heterocycles. The number of carbonyl (C=O) groups excluding carboxylic acids is 1. The smallest absolute Gasteiger partial charge is 0.271 e. The summed E-state index contributed by atoms with van der Waals surface area (Å²) in [6.07, 6.45) is 4.18. The molecule has 0 unspecified atom stereocenters. The molecule has 2 aromatic heterocycles. The fraction of sp³-hybridized carbons (Fsp3) is 0.364. The van der Waals surface area contributed by atoms with Crippen LogP contribution in [-0.4, -0.2) is 38.7 Å². The third-order valence-corrected chi connectivity index (χ3v) is 5.53. The number of nitrogens with one attached hydrogen (secondary N) is 2. The summed E-state index contributed by atoms with van der Waals surface area (Å²) >= 11 is 0. The van der Waals surface area contributed by atoms with E-state index in [1.165, 1.54) is 12.1 Å². The van der Waals surface area contributed by atoms with Crippen molar-refractivity contribution in [3.05, 3.63) is 58.6 Å². The van der Waals surface area contributed by atoms with E-state index in [4.69, 9.17) is 4.74 Å². The van der Waals surface area contributed by atoms with E-state index in [0.29, 0.717) is 47.3 Å². The number of carbonyl (C=O) groups is 1. The molecule has 1 saturated carbocycles. The number of amides is 1. The van der Waals surface area contributed by atoms with E-state index in [0.717, 1.165) is 29.8 Å². The van der Waals surface area contributed by atoms with Crippen LogP contribution < -0.4 is 10.1 Å². The zero-order valence-corrected chi connectivity index (χ0v) is 16.8. The summed E-state index contributed by atoms with van der Waals surface area (Å²) in [4.78, 5) is 21.3. The molecule has 1 aromatic carbocycles. The molecule has 5 rings (SSSR count). The first kappa shape index (κ1) is 18.7. The van der Waals surface area contributed by atoms with Gasteiger partial charge in [-0.3, -0.25) is 14.9 Å². The molecule has 1 aliphatic carbocycles. The van der Waals surface area contributed by atoms with Crippen molar-refractivity contribution in [3.63, 3.8) is 0 Å². The molecule has 0 saturated heterocycles. The molecule has 1 fully saturated rings. The Morgan fingerprint density at radius 3 is 2.93 bits per heavy atom. The molecule has 2 aliphatic rings. The Kier molecular flexibility index (Phi) is 4.49. The Morgan fingerprint density at radius 2 is 2.13 bits per heavy atom. The highest BCUT2D eigenvalue weighted by Crippen LogP contribution is 2.40. The van der Waals surface area contributed by atoms with Gasteiger partial charge in [0.2, 0.25) is 0 Å². The predicted molar refractivity (Wildman–Crippen MR) is 108 cm³/mol. The van der Waals surface area contributed by atoms with Crippen LogP contribution in [0, 0.1) is 19.7 Å². The lowest BCUT2D eigenvalue weighted by Gasteiger charge is -2.14. The molecular formula is C22H22FN5O2. The van der Waals surface area contributed by atoms with Gasteiger partial charge in [-0.15, -0.1) is 0 Å². The summed E-state index contributed by atoms with van der Waals surface area (Å²) in [5.74, 6) is 0.524. The van der Waals surface area contributed by atoms with Crippen LogP contribution >= 0.6 is 0 Å². The summed E-state index contributed by atoms with van der Waals surface area (Å²) in [5.41, 5.74) is 4.82. The lowest BCUT2D eigenvalue weighted by Crippen LogP contribution is -2.34. The average molecular weight is 407 g/mol. The van der Waals surface area contributed by atoms with Crippen LogP contribution in [-0.2, 0) is 6.42 Å². The largest absolute Gasteiger partial charge is 0.487 e. The van der Waals surface area contributed by atoms with Crippen molar-refractivity contribution in [1.29, 1.82) is 0 Å². The number of nitrogens with zero attached hydrogens (tertiary/aromatic N) is 3. The first-order valence-corrected chi connectivity index (χ1v) is 10.1. The van der Waals surface area contributed by atoms with Gasteiger partial charge in [0, 0.05) is 35.4 Å². The SMILES string of the molecule is Cc1cnc(C)c(-c2cc(F)cc3c2O[C@H](CNC(=O)c2cc(C4CC4)[nH]n2)C3)n1. The number of benzene rings is 1. The van der Waals surface area contributed by atoms with Crippen LogP contribution in [0.3, 0.4) is 0 Å². The molecule has 7 nitrogen and oxygen atoms in total. The third-order valence-electron chi connectivity index (χ3n) is 5.53. The maximum Gasteiger partial charge on any atom is 0.271 e. The average Bonchev–Trinajstić information content (AvgIpc) is 3.30. The number of hydrogen-bond donors (Lipinski definition) is 2. The highest BCUT2D eigenvalue weighted by molar-refractivity contribution is 5.92. The highest BCUT2D eigenvalue weighted by atomic mass is 19.1. The van der Waals surface area contributed by atoms with Gasteiger partial charge in [-0.25, -0.2) is 9.37 Å². The third kappa shape index (κ3) is 3.53. The van der Waals surface area contributed by atoms with Gasteiger partial charge in [-0.05, 0) is 44.9 Å². The van der Waals surface area contributed by atoms with Crippen molar-refractivity contribution in [3.8, 4) is 17.0 Å². The molecule has 1 aliphatic heterocycles. The van der Waals surface area contributed by atoms with Gasteiger partial charge in [0.25, 0.3) is 5.91 Å². The standard InChI is InChI=1S/C22H22FN5O2/c1-11-9-24-12(2)20(26-11)17-7-15(23)5-14-6-16(30-21(14)17)10-25-22(29)19-8-18(27-28-19)13-3-4-13/h5,7-9,13,16H,3-4,6,10H2,1-2H3,(H,25,29)(H,27,28)/t16-/m0/s1. The van der Waals surface area contributed by atoms with Gasteiger partial charge in [-0.2, -0.15) is 5.10 Å². The Morgan fingerprint density at radius 1 is 1.30 bits per heavy atom. The van der Waals surface area contributed by atoms with Crippen molar-refractivity contribution >= 4 is 5.91 Å². The van der Waals surface area contributed by atoms with Crippen LogP contribution in [0.2, 0.25) is 0 Å². The van der Waals surface area contributed by atoms with Crippen molar-refractivity contribution in [2.75, 3.05) is 6.54 Å². The van der Waals surface area contributed by atoms with Crippen LogP contribution in [0.1, 0.15) is 51.9 Å². The van der Waals surface area contributed by atoms with Crippen LogP contribution in [0.5, 0.6) is 5.75 Å². The van der Waals surface area contributed by atoms with Crippen molar-refractivity contribution in [2.45, 2.75) is 45.1 Å². The van der Waals surface area contributed by atoms with Crippen molar-refractivity contribution in [1.82, 2.24) is 25.5 Å². The number of halogens is 1. The Labute approximate surface area is 173 Å². The molecule has 8 heteroatoms. The van der Waals surface area contributed by atoms with E-state index in [1.807, 2.05) is 19.9 Å². The number of aromatic nitrogens is 4. The van der Waals surface area contributed by atoms with E-state index in [2.05, 4.69) is 25.5 Å². The molecule has 1 atom stereocenters. The highest BCUT2D eigenvalue weighted by Gasteiger charge is 2.30. The quantitative estimate of drug-likeness (QED) is 0.677. The molecule has 0 radical (unpaired) electrons. The summed E-state index contributed by atoms with van der Waals surface area (Å²) in [6.45, 7) is 3.99. The molecule has 0 bridgehead atoms. The maximum atomic E-state index is 14.3. The first-order valence-electron chi connectivity index (χ1n) is 10.1. The second-order valence-corrected chi connectivity index (χ2v) is 8.02. The van der Waals surface area contributed by atoms with E-state index >= 15 is 0 Å². The van der Waals surface area contributed by atoms with Crippen LogP contribution in [0.15, 0.2) is 24.4 Å². The maximum absolute atomic E-state index is 14.3. The van der Waals surface area contributed by atoms with E-state index in [1.54, 1.807) is 6.20 Å². The Hall–Kier alpha value is -3.29. The number of H-pyrrole nitrogens is 1. The minimum absolute atomic E-state index is 0.246. The number of hydrogen-bond acceptors (Lipinski definition) is 5. The molecule has 0 spiro atoms. The minimum atomic E-state index is -0.344. The zero-order valence-electron chi connectivity index (χ0n) is 16.8. The van der Waals surface area contributed by atoms with Gasteiger partial charge >= 0.3 is 0 Å². The van der Waals surface area contributed by atoms with E-state index < -0.39 is 0 Å². The first-order chi connectivity index (χ1) is 14.5. The predicted octanol–water partition coefficient (Wildman–Crippen LogP) is 3.23. The summed E-state index contributed by atoms with van der Waals surface area (Å²) in [7, 11) is 0. The van der Waals surface area contributed by atoms with Gasteiger partial charge in [-0.1, -0.05) is 0 Å². The molecule has 154 valence electrons. The molecule has 30 heavy (non-hydrogen) atoms. The monoisotopic (exact) mass is 407 g/mol. The normalized spacial score (nSPS) is 17.5. The number of fused-ring (bicyclic) bond motifs is 1. The fourth-order valence-electron chi connectivity index (χ4n) is 3.83. The van der Waals surface area contributed by atoms with Crippen LogP contribution in [0.25, 0.3) is 11.3 Å². The Bertz CT molecular complexity index is 1140. The summed E-state index contributed by atoms with van der Waals surface area (Å²) < 4.78 is 20.4. The van der Waals surface area contributed by atoms with Gasteiger partial charge in [0.15, 0.2) is 0 Å². The molecule has 1 amide bonds. The Balaban J connectivity index is 1.32. The molecule has 2 N–H and O–H groups in total. The van der Waals surface area contributed by atoms with Gasteiger partial charge in [0.05, 0.1) is 23.6 Å². The molecule has 3 aromatic rings. The topological polar surface area (TPSA) is 92.8 Å². The van der Waals surface area contributed by atoms with Gasteiger partial charge in [0.1, 0.15) is 23.4 Å². The fourth-order valence-corrected chi connectivity index (χ4v) is 3.83. The van der Waals surface area contributed by atoms with Crippen molar-refractivity contribution in [2.24, 2.45) is 0 Å². The van der Waals surface area contributed by atoms with Gasteiger partial charge < -0.3 is 10.1 Å². The lowest BCUT2D eigenvalue weighted by atomic mass is 10.0. The molecular weight excluding hydrogens is 385 g/mol. The lowest BCUT2D eigenvalue weighted by molar-refractivity contribution is 0.0928. The number of rotatable bonds is 5. The second kappa shape index (κ2) is 7.19. The zero-order chi connectivity index (χ0) is 20.8. The van der Waals surface area contributed by atoms with Crippen LogP contribution in [0.4, 0.5) is 4.39 Å². The van der Waals surface area contributed by atoms with E-state index in [9.17, 15) is 9.18 Å². The number of aryl methyl sites for hydroxylation is 2. The minimum Gasteiger partial charge on any atom is -0.487 e.